The van der Waals surface area contributed by atoms with Crippen LogP contribution in [0.5, 0.6) is 0 Å². The summed E-state index contributed by atoms with van der Waals surface area (Å²) in [7, 11) is 0. The molecule has 1 heterocycles. The van der Waals surface area contributed by atoms with E-state index in [1.54, 1.807) is 0 Å². The van der Waals surface area contributed by atoms with Crippen LogP contribution in [0, 0.1) is 23.2 Å². The highest BCUT2D eigenvalue weighted by atomic mass is 16.5. The van der Waals surface area contributed by atoms with Gasteiger partial charge in [0.1, 0.15) is 0 Å². The van der Waals surface area contributed by atoms with E-state index in [0.717, 1.165) is 32.5 Å². The lowest BCUT2D eigenvalue weighted by Crippen LogP contribution is -2.49. The summed E-state index contributed by atoms with van der Waals surface area (Å²) in [4.78, 5) is 12.3. The molecule has 4 nitrogen and oxygen atoms in total. The Labute approximate surface area is 116 Å². The molecule has 0 amide bonds. The first kappa shape index (κ1) is 14.8. The number of carbonyl (C=O) groups is 1. The number of hydrogen-bond donors (Lipinski definition) is 1. The van der Waals surface area contributed by atoms with Crippen molar-refractivity contribution >= 4 is 5.97 Å². The third-order valence-corrected chi connectivity index (χ3v) is 5.27. The van der Waals surface area contributed by atoms with Gasteiger partial charge >= 0.3 is 5.97 Å². The van der Waals surface area contributed by atoms with E-state index in [1.807, 2.05) is 0 Å². The molecular formula is C15H27NO3. The van der Waals surface area contributed by atoms with Crippen LogP contribution in [0.25, 0.3) is 0 Å². The third-order valence-electron chi connectivity index (χ3n) is 5.27. The number of carbonyl (C=O) groups excluding carboxylic acids is 1. The molecule has 0 bridgehead atoms. The van der Waals surface area contributed by atoms with E-state index in [9.17, 15) is 4.79 Å². The Kier molecular flexibility index (Phi) is 4.51. The van der Waals surface area contributed by atoms with Crippen molar-refractivity contribution in [2.75, 3.05) is 19.8 Å². The van der Waals surface area contributed by atoms with Gasteiger partial charge < -0.3 is 15.2 Å². The molecule has 1 saturated carbocycles. The first-order valence-electron chi connectivity index (χ1n) is 7.43. The van der Waals surface area contributed by atoms with Crippen LogP contribution < -0.4 is 5.73 Å². The van der Waals surface area contributed by atoms with Crippen LogP contribution in [0.3, 0.4) is 0 Å². The zero-order chi connectivity index (χ0) is 14.0. The summed E-state index contributed by atoms with van der Waals surface area (Å²) in [6.07, 6.45) is 2.76. The fraction of sp³-hybridized carbons (Fsp3) is 0.933. The summed E-state index contributed by atoms with van der Waals surface area (Å²) in [5.41, 5.74) is 6.04. The molecule has 0 aromatic carbocycles. The van der Waals surface area contributed by atoms with Crippen molar-refractivity contribution in [2.45, 2.75) is 46.1 Å². The Balaban J connectivity index is 1.90. The summed E-state index contributed by atoms with van der Waals surface area (Å²) in [6, 6.07) is 0.197. The number of ether oxygens (including phenoxy) is 2. The summed E-state index contributed by atoms with van der Waals surface area (Å²) < 4.78 is 10.8. The lowest BCUT2D eigenvalue weighted by Gasteiger charge is -2.45. The van der Waals surface area contributed by atoms with Gasteiger partial charge in [-0.05, 0) is 30.6 Å². The van der Waals surface area contributed by atoms with E-state index in [2.05, 4.69) is 20.8 Å². The molecule has 0 aromatic heterocycles. The highest BCUT2D eigenvalue weighted by molar-refractivity contribution is 5.73. The van der Waals surface area contributed by atoms with Crippen molar-refractivity contribution in [3.63, 3.8) is 0 Å². The van der Waals surface area contributed by atoms with E-state index >= 15 is 0 Å². The largest absolute Gasteiger partial charge is 0.465 e. The van der Waals surface area contributed by atoms with Gasteiger partial charge in [0.2, 0.25) is 0 Å². The second kappa shape index (κ2) is 5.80. The van der Waals surface area contributed by atoms with Crippen LogP contribution in [0.1, 0.15) is 40.0 Å². The van der Waals surface area contributed by atoms with Crippen LogP contribution in [-0.2, 0) is 14.3 Å². The molecule has 19 heavy (non-hydrogen) atoms. The number of esters is 1. The molecule has 4 unspecified atom stereocenters. The molecule has 4 atom stereocenters. The Morgan fingerprint density at radius 2 is 2.11 bits per heavy atom. The van der Waals surface area contributed by atoms with Crippen molar-refractivity contribution < 1.29 is 14.3 Å². The second-order valence-electron chi connectivity index (χ2n) is 6.76. The van der Waals surface area contributed by atoms with Crippen LogP contribution >= 0.6 is 0 Å². The maximum absolute atomic E-state index is 12.3. The molecule has 2 N–H and O–H groups in total. The number of hydrogen-bond acceptors (Lipinski definition) is 4. The Morgan fingerprint density at radius 3 is 2.74 bits per heavy atom. The van der Waals surface area contributed by atoms with Gasteiger partial charge in [-0.3, -0.25) is 4.79 Å². The van der Waals surface area contributed by atoms with E-state index in [1.165, 1.54) is 0 Å². The predicted octanol–water partition coefficient (Wildman–Crippen LogP) is 1.97. The smallest absolute Gasteiger partial charge is 0.309 e. The van der Waals surface area contributed by atoms with Gasteiger partial charge in [-0.15, -0.1) is 0 Å². The van der Waals surface area contributed by atoms with Crippen molar-refractivity contribution in [3.05, 3.63) is 0 Å². The van der Waals surface area contributed by atoms with Gasteiger partial charge in [-0.1, -0.05) is 20.8 Å². The Bertz CT molecular complexity index is 323. The standard InChI is InChI=1S/C15H27NO3/c1-10-13(16)5-4-12(15(10,2)3)14(17)19-9-11-6-7-18-8-11/h10-13H,4-9,16H2,1-3H3. The summed E-state index contributed by atoms with van der Waals surface area (Å²) >= 11 is 0. The number of nitrogens with two attached hydrogens (primary N) is 1. The predicted molar refractivity (Wildman–Crippen MR) is 73.5 cm³/mol. The minimum atomic E-state index is -0.0824. The molecule has 1 aliphatic carbocycles. The van der Waals surface area contributed by atoms with Crippen LogP contribution in [-0.4, -0.2) is 31.8 Å². The molecule has 0 aromatic rings. The second-order valence-corrected chi connectivity index (χ2v) is 6.76. The summed E-state index contributed by atoms with van der Waals surface area (Å²) in [5.74, 6) is 0.657. The fourth-order valence-corrected chi connectivity index (χ4v) is 3.29. The van der Waals surface area contributed by atoms with Crippen molar-refractivity contribution in [3.8, 4) is 0 Å². The zero-order valence-electron chi connectivity index (χ0n) is 12.4. The maximum Gasteiger partial charge on any atom is 0.309 e. The van der Waals surface area contributed by atoms with Crippen LogP contribution in [0.4, 0.5) is 0 Å². The van der Waals surface area contributed by atoms with E-state index in [4.69, 9.17) is 15.2 Å². The maximum atomic E-state index is 12.3. The molecule has 4 heteroatoms. The third kappa shape index (κ3) is 3.11. The summed E-state index contributed by atoms with van der Waals surface area (Å²) in [5, 5.41) is 0. The minimum absolute atomic E-state index is 0.0235. The molecule has 0 spiro atoms. The van der Waals surface area contributed by atoms with E-state index in [-0.39, 0.29) is 23.3 Å². The van der Waals surface area contributed by atoms with Gasteiger partial charge in [0.15, 0.2) is 0 Å². The van der Waals surface area contributed by atoms with Crippen LogP contribution in [0.15, 0.2) is 0 Å². The highest BCUT2D eigenvalue weighted by Crippen LogP contribution is 2.44. The van der Waals surface area contributed by atoms with Crippen molar-refractivity contribution in [1.29, 1.82) is 0 Å². The molecule has 110 valence electrons. The molecule has 1 saturated heterocycles. The minimum Gasteiger partial charge on any atom is -0.465 e. The lowest BCUT2D eigenvalue weighted by molar-refractivity contribution is -0.158. The Hall–Kier alpha value is -0.610. The van der Waals surface area contributed by atoms with Gasteiger partial charge in [0.25, 0.3) is 0 Å². The van der Waals surface area contributed by atoms with Gasteiger partial charge in [-0.2, -0.15) is 0 Å². The fourth-order valence-electron chi connectivity index (χ4n) is 3.29. The average molecular weight is 269 g/mol. The normalized spacial score (nSPS) is 38.1. The number of rotatable bonds is 3. The average Bonchev–Trinajstić information content (AvgIpc) is 2.86. The molecule has 2 fully saturated rings. The first-order chi connectivity index (χ1) is 8.93. The van der Waals surface area contributed by atoms with Gasteiger partial charge in [0.05, 0.1) is 19.1 Å². The molecule has 2 rings (SSSR count). The molecule has 1 aliphatic heterocycles. The SMILES string of the molecule is CC1C(N)CCC(C(=O)OCC2CCOC2)C1(C)C. The highest BCUT2D eigenvalue weighted by Gasteiger charge is 2.45. The monoisotopic (exact) mass is 269 g/mol. The lowest BCUT2D eigenvalue weighted by atomic mass is 9.61. The Morgan fingerprint density at radius 1 is 1.37 bits per heavy atom. The topological polar surface area (TPSA) is 61.6 Å². The quantitative estimate of drug-likeness (QED) is 0.796. The van der Waals surface area contributed by atoms with Crippen molar-refractivity contribution in [2.24, 2.45) is 28.9 Å². The van der Waals surface area contributed by atoms with E-state index < -0.39 is 0 Å². The van der Waals surface area contributed by atoms with Crippen LogP contribution in [0.2, 0.25) is 0 Å². The first-order valence-corrected chi connectivity index (χ1v) is 7.43. The summed E-state index contributed by atoms with van der Waals surface area (Å²) in [6.45, 7) is 8.45. The molecule has 0 radical (unpaired) electrons. The molecular weight excluding hydrogens is 242 g/mol. The van der Waals surface area contributed by atoms with Gasteiger partial charge in [-0.25, -0.2) is 0 Å². The molecule has 2 aliphatic rings. The zero-order valence-corrected chi connectivity index (χ0v) is 12.4. The van der Waals surface area contributed by atoms with Crippen molar-refractivity contribution in [1.82, 2.24) is 0 Å². The van der Waals surface area contributed by atoms with E-state index in [0.29, 0.717) is 18.4 Å². The van der Waals surface area contributed by atoms with Gasteiger partial charge in [0, 0.05) is 18.6 Å².